The third-order valence-electron chi connectivity index (χ3n) is 2.75. The van der Waals surface area contributed by atoms with Crippen molar-refractivity contribution in [3.05, 3.63) is 47.0 Å². The van der Waals surface area contributed by atoms with Crippen LogP contribution >= 0.6 is 0 Å². The van der Waals surface area contributed by atoms with Crippen molar-refractivity contribution in [2.24, 2.45) is 0 Å². The molecule has 0 saturated carbocycles. The summed E-state index contributed by atoms with van der Waals surface area (Å²) in [5.41, 5.74) is 0.414. The van der Waals surface area contributed by atoms with Crippen LogP contribution in [0.15, 0.2) is 24.8 Å². The Kier molecular flexibility index (Phi) is 5.02. The van der Waals surface area contributed by atoms with Gasteiger partial charge in [-0.1, -0.05) is 12.6 Å². The summed E-state index contributed by atoms with van der Waals surface area (Å²) in [7, 11) is 0. The number of aryl methyl sites for hydroxylation is 1. The Labute approximate surface area is 115 Å². The summed E-state index contributed by atoms with van der Waals surface area (Å²) < 4.78 is 4.79. The fourth-order valence-electron chi connectivity index (χ4n) is 1.81. The molecule has 0 heterocycles. The van der Waals surface area contributed by atoms with Crippen LogP contribution in [0, 0.1) is 6.92 Å². The minimum Gasteiger partial charge on any atom is -0.478 e. The van der Waals surface area contributed by atoms with E-state index in [0.717, 1.165) is 6.08 Å². The number of carboxylic acids is 2. The van der Waals surface area contributed by atoms with Gasteiger partial charge < -0.3 is 14.9 Å². The zero-order valence-electron chi connectivity index (χ0n) is 10.9. The van der Waals surface area contributed by atoms with Crippen molar-refractivity contribution in [3.8, 4) is 0 Å². The van der Waals surface area contributed by atoms with Gasteiger partial charge in [0, 0.05) is 12.5 Å². The largest absolute Gasteiger partial charge is 0.478 e. The number of carboxylic acid groups (broad SMARTS) is 2. The molecule has 6 heteroatoms. The summed E-state index contributed by atoms with van der Waals surface area (Å²) in [6, 6.07) is 2.78. The molecule has 0 bridgehead atoms. The van der Waals surface area contributed by atoms with Gasteiger partial charge in [-0.25, -0.2) is 14.4 Å². The van der Waals surface area contributed by atoms with Crippen molar-refractivity contribution >= 4 is 17.9 Å². The van der Waals surface area contributed by atoms with Crippen LogP contribution in [0.1, 0.15) is 31.8 Å². The highest BCUT2D eigenvalue weighted by Gasteiger charge is 2.21. The van der Waals surface area contributed by atoms with Gasteiger partial charge in [0.2, 0.25) is 0 Å². The second kappa shape index (κ2) is 6.51. The van der Waals surface area contributed by atoms with Crippen LogP contribution < -0.4 is 0 Å². The molecule has 0 aromatic heterocycles. The highest BCUT2D eigenvalue weighted by Crippen LogP contribution is 2.20. The van der Waals surface area contributed by atoms with Crippen molar-refractivity contribution in [2.45, 2.75) is 13.3 Å². The third kappa shape index (κ3) is 3.44. The lowest BCUT2D eigenvalue weighted by molar-refractivity contribution is -0.137. The normalized spacial score (nSPS) is 9.85. The number of ether oxygens (including phenoxy) is 1. The van der Waals surface area contributed by atoms with Crippen LogP contribution in [0.25, 0.3) is 0 Å². The summed E-state index contributed by atoms with van der Waals surface area (Å²) in [5, 5.41) is 18.2. The Hall–Kier alpha value is -2.63. The zero-order chi connectivity index (χ0) is 15.3. The van der Waals surface area contributed by atoms with Crippen LogP contribution in [0.3, 0.4) is 0 Å². The van der Waals surface area contributed by atoms with E-state index in [1.807, 2.05) is 0 Å². The van der Waals surface area contributed by atoms with E-state index in [9.17, 15) is 19.5 Å². The van der Waals surface area contributed by atoms with Gasteiger partial charge in [-0.3, -0.25) is 0 Å². The first-order valence-electron chi connectivity index (χ1n) is 5.76. The molecule has 0 aliphatic heterocycles. The van der Waals surface area contributed by atoms with Gasteiger partial charge in [-0.15, -0.1) is 0 Å². The Morgan fingerprint density at radius 1 is 1.25 bits per heavy atom. The number of aromatic carboxylic acids is 2. The fraction of sp³-hybridized carbons (Fsp3) is 0.214. The molecule has 0 amide bonds. The maximum atomic E-state index is 11.3. The summed E-state index contributed by atoms with van der Waals surface area (Å²) in [5.74, 6) is -3.25. The average molecular weight is 278 g/mol. The van der Waals surface area contributed by atoms with E-state index in [1.165, 1.54) is 12.1 Å². The van der Waals surface area contributed by atoms with E-state index in [4.69, 9.17) is 9.84 Å². The maximum Gasteiger partial charge on any atom is 0.336 e. The Bertz CT molecular complexity index is 573. The van der Waals surface area contributed by atoms with Crippen molar-refractivity contribution in [1.29, 1.82) is 0 Å². The molecule has 1 aromatic carbocycles. The van der Waals surface area contributed by atoms with Gasteiger partial charge in [-0.05, 0) is 24.1 Å². The van der Waals surface area contributed by atoms with Gasteiger partial charge in [0.15, 0.2) is 0 Å². The Morgan fingerprint density at radius 2 is 1.90 bits per heavy atom. The molecular weight excluding hydrogens is 264 g/mol. The predicted molar refractivity (Wildman–Crippen MR) is 70.0 cm³/mol. The first-order valence-corrected chi connectivity index (χ1v) is 5.76. The molecule has 0 spiro atoms. The monoisotopic (exact) mass is 278 g/mol. The van der Waals surface area contributed by atoms with Gasteiger partial charge in [-0.2, -0.15) is 0 Å². The van der Waals surface area contributed by atoms with E-state index in [1.54, 1.807) is 6.92 Å². The maximum absolute atomic E-state index is 11.3. The molecule has 0 saturated heterocycles. The van der Waals surface area contributed by atoms with Gasteiger partial charge in [0.05, 0.1) is 17.7 Å². The highest BCUT2D eigenvalue weighted by molar-refractivity contribution is 6.03. The minimum atomic E-state index is -1.32. The summed E-state index contributed by atoms with van der Waals surface area (Å²) >= 11 is 0. The highest BCUT2D eigenvalue weighted by atomic mass is 16.5. The second-order valence-electron chi connectivity index (χ2n) is 4.02. The smallest absolute Gasteiger partial charge is 0.336 e. The van der Waals surface area contributed by atoms with E-state index in [0.29, 0.717) is 11.1 Å². The topological polar surface area (TPSA) is 101 Å². The number of esters is 1. The number of carbonyl (C=O) groups excluding carboxylic acids is 1. The lowest BCUT2D eigenvalue weighted by Gasteiger charge is -2.12. The molecule has 0 atom stereocenters. The third-order valence-corrected chi connectivity index (χ3v) is 2.75. The van der Waals surface area contributed by atoms with Crippen molar-refractivity contribution in [1.82, 2.24) is 0 Å². The molecule has 0 aliphatic rings. The van der Waals surface area contributed by atoms with E-state index in [-0.39, 0.29) is 24.2 Å². The van der Waals surface area contributed by atoms with E-state index >= 15 is 0 Å². The molecule has 0 fully saturated rings. The van der Waals surface area contributed by atoms with Gasteiger partial charge >= 0.3 is 17.9 Å². The van der Waals surface area contributed by atoms with Crippen molar-refractivity contribution < 1.29 is 29.3 Å². The zero-order valence-corrected chi connectivity index (χ0v) is 10.9. The Morgan fingerprint density at radius 3 is 2.40 bits per heavy atom. The first-order chi connectivity index (χ1) is 9.38. The molecule has 20 heavy (non-hydrogen) atoms. The van der Waals surface area contributed by atoms with E-state index in [2.05, 4.69) is 6.58 Å². The first kappa shape index (κ1) is 15.4. The Balaban J connectivity index is 3.13. The molecule has 106 valence electrons. The number of benzene rings is 1. The predicted octanol–water partition coefficient (Wildman–Crippen LogP) is 1.66. The molecule has 2 N–H and O–H groups in total. The number of hydrogen-bond donors (Lipinski definition) is 2. The van der Waals surface area contributed by atoms with E-state index < -0.39 is 17.9 Å². The number of carbonyl (C=O) groups is 3. The van der Waals surface area contributed by atoms with Crippen LogP contribution in [-0.2, 0) is 16.0 Å². The van der Waals surface area contributed by atoms with Crippen LogP contribution in [0.2, 0.25) is 0 Å². The van der Waals surface area contributed by atoms with Gasteiger partial charge in [0.25, 0.3) is 0 Å². The average Bonchev–Trinajstić information content (AvgIpc) is 2.39. The molecule has 6 nitrogen and oxygen atoms in total. The molecule has 1 rings (SSSR count). The van der Waals surface area contributed by atoms with Crippen LogP contribution in [0.4, 0.5) is 0 Å². The number of hydrogen-bond acceptors (Lipinski definition) is 4. The molecule has 0 unspecified atom stereocenters. The summed E-state index contributed by atoms with van der Waals surface area (Å²) in [6.07, 6.45) is 1.12. The molecule has 0 radical (unpaired) electrons. The minimum absolute atomic E-state index is 0.0466. The van der Waals surface area contributed by atoms with Crippen LogP contribution in [-0.4, -0.2) is 34.7 Å². The van der Waals surface area contributed by atoms with Crippen LogP contribution in [0.5, 0.6) is 0 Å². The second-order valence-corrected chi connectivity index (χ2v) is 4.02. The van der Waals surface area contributed by atoms with Gasteiger partial charge in [0.1, 0.15) is 0 Å². The lowest BCUT2D eigenvalue weighted by Crippen LogP contribution is -2.15. The summed E-state index contributed by atoms with van der Waals surface area (Å²) in [4.78, 5) is 33.3. The SMILES string of the molecule is C=CC(=O)OCCc1c(C)ccc(C(=O)O)c1C(=O)O. The van der Waals surface area contributed by atoms with Crippen molar-refractivity contribution in [2.75, 3.05) is 6.61 Å². The number of rotatable bonds is 6. The molecule has 0 aliphatic carbocycles. The summed E-state index contributed by atoms with van der Waals surface area (Å²) in [6.45, 7) is 4.86. The fourth-order valence-corrected chi connectivity index (χ4v) is 1.81. The quantitative estimate of drug-likeness (QED) is 0.606. The molecular formula is C14H14O6. The van der Waals surface area contributed by atoms with Crippen molar-refractivity contribution in [3.63, 3.8) is 0 Å². The molecule has 1 aromatic rings. The standard InChI is InChI=1S/C14H14O6/c1-3-11(15)20-7-6-9-8(2)4-5-10(13(16)17)12(9)14(18)19/h3-5H,1,6-7H2,2H3,(H,16,17)(H,18,19). The lowest BCUT2D eigenvalue weighted by atomic mass is 9.94.